The molecular weight excluding hydrogens is 484 g/mol. The highest BCUT2D eigenvalue weighted by atomic mass is 79.9. The molecular formula is C22H20Br2N2O2. The number of benzene rings is 2. The van der Waals surface area contributed by atoms with Crippen molar-refractivity contribution < 1.29 is 9.59 Å². The first-order chi connectivity index (χ1) is 13.7. The van der Waals surface area contributed by atoms with Crippen LogP contribution >= 0.6 is 31.9 Å². The summed E-state index contributed by atoms with van der Waals surface area (Å²) in [7, 11) is 0. The van der Waals surface area contributed by atoms with Gasteiger partial charge in [-0.25, -0.2) is 0 Å². The van der Waals surface area contributed by atoms with Crippen LogP contribution < -0.4 is 9.80 Å². The molecule has 0 bridgehead atoms. The van der Waals surface area contributed by atoms with E-state index in [0.717, 1.165) is 46.0 Å². The number of nitrogens with zero attached hydrogens (tertiary/aromatic N) is 2. The SMILES string of the molecule is O=C1/C(=C2\C(=O)N(CCCBr)c3ccccc32)c2ccccc2N1CCCBr. The first kappa shape index (κ1) is 19.4. The molecule has 2 aliphatic heterocycles. The number of fused-ring (bicyclic) bond motifs is 2. The Balaban J connectivity index is 1.88. The Kier molecular flexibility index (Phi) is 5.69. The van der Waals surface area contributed by atoms with Crippen LogP contribution in [-0.2, 0) is 9.59 Å². The lowest BCUT2D eigenvalue weighted by Gasteiger charge is -2.16. The van der Waals surface area contributed by atoms with Crippen molar-refractivity contribution in [2.75, 3.05) is 33.5 Å². The van der Waals surface area contributed by atoms with Crippen LogP contribution in [0.25, 0.3) is 11.1 Å². The van der Waals surface area contributed by atoms with Gasteiger partial charge in [-0.15, -0.1) is 0 Å². The van der Waals surface area contributed by atoms with Gasteiger partial charge in [0.25, 0.3) is 11.8 Å². The van der Waals surface area contributed by atoms with Gasteiger partial charge in [-0.05, 0) is 25.0 Å². The van der Waals surface area contributed by atoms with Crippen LogP contribution in [0.1, 0.15) is 24.0 Å². The molecule has 0 spiro atoms. The summed E-state index contributed by atoms with van der Waals surface area (Å²) < 4.78 is 0. The Labute approximate surface area is 181 Å². The van der Waals surface area contributed by atoms with Gasteiger partial charge in [0.1, 0.15) is 0 Å². The minimum absolute atomic E-state index is 0.0809. The maximum Gasteiger partial charge on any atom is 0.259 e. The van der Waals surface area contributed by atoms with Crippen molar-refractivity contribution >= 4 is 66.2 Å². The van der Waals surface area contributed by atoms with E-state index < -0.39 is 0 Å². The Morgan fingerprint density at radius 3 is 1.43 bits per heavy atom. The number of anilines is 2. The van der Waals surface area contributed by atoms with Crippen molar-refractivity contribution in [1.29, 1.82) is 0 Å². The predicted octanol–water partition coefficient (Wildman–Crippen LogP) is 4.86. The fourth-order valence-corrected chi connectivity index (χ4v) is 4.42. The third kappa shape index (κ3) is 3.12. The number of alkyl halides is 2. The zero-order valence-corrected chi connectivity index (χ0v) is 18.5. The fraction of sp³-hybridized carbons (Fsp3) is 0.273. The first-order valence-electron chi connectivity index (χ1n) is 9.37. The average molecular weight is 504 g/mol. The summed E-state index contributed by atoms with van der Waals surface area (Å²) >= 11 is 6.89. The second-order valence-corrected chi connectivity index (χ2v) is 8.37. The van der Waals surface area contributed by atoms with Crippen molar-refractivity contribution in [3.63, 3.8) is 0 Å². The topological polar surface area (TPSA) is 40.6 Å². The van der Waals surface area contributed by atoms with Crippen LogP contribution in [0.5, 0.6) is 0 Å². The third-order valence-electron chi connectivity index (χ3n) is 5.13. The second-order valence-electron chi connectivity index (χ2n) is 6.78. The van der Waals surface area contributed by atoms with Gasteiger partial charge in [-0.3, -0.25) is 9.59 Å². The van der Waals surface area contributed by atoms with Crippen LogP contribution in [-0.4, -0.2) is 35.6 Å². The zero-order chi connectivity index (χ0) is 19.7. The minimum atomic E-state index is -0.0809. The Hall–Kier alpha value is -1.92. The standard InChI is InChI=1S/C22H20Br2N2O2/c23-11-5-13-25-17-9-3-1-7-15(17)19(21(25)27)20-16-8-2-4-10-18(16)26(22(20)28)14-6-12-24/h1-4,7-10H,5-6,11-14H2/b20-19-. The van der Waals surface area contributed by atoms with E-state index in [1.807, 2.05) is 48.5 Å². The smallest absolute Gasteiger partial charge is 0.259 e. The summed E-state index contributed by atoms with van der Waals surface area (Å²) in [6.07, 6.45) is 1.70. The number of hydrogen-bond donors (Lipinski definition) is 0. The fourth-order valence-electron chi connectivity index (χ4n) is 3.92. The van der Waals surface area contributed by atoms with Gasteiger partial charge in [0, 0.05) is 34.9 Å². The Morgan fingerprint density at radius 1 is 0.643 bits per heavy atom. The maximum atomic E-state index is 13.4. The lowest BCUT2D eigenvalue weighted by molar-refractivity contribution is -0.114. The molecule has 0 aromatic heterocycles. The number of rotatable bonds is 6. The third-order valence-corrected chi connectivity index (χ3v) is 6.25. The zero-order valence-electron chi connectivity index (χ0n) is 15.3. The van der Waals surface area contributed by atoms with Gasteiger partial charge in [0.15, 0.2) is 0 Å². The summed E-state index contributed by atoms with van der Waals surface area (Å²) in [5, 5.41) is 1.65. The summed E-state index contributed by atoms with van der Waals surface area (Å²) in [5.74, 6) is -0.162. The van der Waals surface area contributed by atoms with Gasteiger partial charge in [-0.2, -0.15) is 0 Å². The predicted molar refractivity (Wildman–Crippen MR) is 121 cm³/mol. The normalized spacial score (nSPS) is 18.1. The number of carbonyl (C=O) groups excluding carboxylic acids is 2. The summed E-state index contributed by atoms with van der Waals surface area (Å²) in [6.45, 7) is 1.25. The van der Waals surface area contributed by atoms with Crippen LogP contribution in [0.15, 0.2) is 48.5 Å². The van der Waals surface area contributed by atoms with Crippen LogP contribution in [0.4, 0.5) is 11.4 Å². The van der Waals surface area contributed by atoms with Crippen molar-refractivity contribution in [1.82, 2.24) is 0 Å². The van der Waals surface area contributed by atoms with E-state index in [9.17, 15) is 9.59 Å². The van der Waals surface area contributed by atoms with Crippen molar-refractivity contribution in [2.24, 2.45) is 0 Å². The minimum Gasteiger partial charge on any atom is -0.308 e. The molecule has 0 aliphatic carbocycles. The largest absolute Gasteiger partial charge is 0.308 e. The van der Waals surface area contributed by atoms with Crippen molar-refractivity contribution in [3.05, 3.63) is 59.7 Å². The maximum absolute atomic E-state index is 13.4. The highest BCUT2D eigenvalue weighted by molar-refractivity contribution is 9.09. The van der Waals surface area contributed by atoms with Gasteiger partial charge < -0.3 is 9.80 Å². The molecule has 0 N–H and O–H groups in total. The summed E-state index contributed by atoms with van der Waals surface area (Å²) in [5.41, 5.74) is 4.54. The number of para-hydroxylation sites is 2. The quantitative estimate of drug-likeness (QED) is 0.417. The van der Waals surface area contributed by atoms with E-state index in [4.69, 9.17) is 0 Å². The van der Waals surface area contributed by atoms with E-state index in [0.29, 0.717) is 24.2 Å². The molecule has 0 fully saturated rings. The monoisotopic (exact) mass is 502 g/mol. The van der Waals surface area contributed by atoms with Crippen molar-refractivity contribution in [3.8, 4) is 0 Å². The molecule has 0 unspecified atom stereocenters. The summed E-state index contributed by atoms with van der Waals surface area (Å²) in [6, 6.07) is 15.5. The van der Waals surface area contributed by atoms with Gasteiger partial charge >= 0.3 is 0 Å². The van der Waals surface area contributed by atoms with Crippen LogP contribution in [0.3, 0.4) is 0 Å². The highest BCUT2D eigenvalue weighted by Crippen LogP contribution is 2.46. The first-order valence-corrected chi connectivity index (χ1v) is 11.6. The van der Waals surface area contributed by atoms with Crippen LogP contribution in [0.2, 0.25) is 0 Å². The molecule has 0 atom stereocenters. The van der Waals surface area contributed by atoms with E-state index in [-0.39, 0.29) is 11.8 Å². The molecule has 2 aliphatic rings. The highest BCUT2D eigenvalue weighted by Gasteiger charge is 2.41. The summed E-state index contributed by atoms with van der Waals surface area (Å²) in [4.78, 5) is 30.4. The molecule has 4 nitrogen and oxygen atoms in total. The second kappa shape index (κ2) is 8.21. The van der Waals surface area contributed by atoms with Crippen LogP contribution in [0, 0.1) is 0 Å². The number of carbonyl (C=O) groups is 2. The molecule has 2 aromatic rings. The molecule has 0 saturated heterocycles. The van der Waals surface area contributed by atoms with Gasteiger partial charge in [0.05, 0.1) is 22.5 Å². The van der Waals surface area contributed by atoms with Gasteiger partial charge in [-0.1, -0.05) is 68.3 Å². The molecule has 2 heterocycles. The van der Waals surface area contributed by atoms with E-state index >= 15 is 0 Å². The Bertz CT molecular complexity index is 893. The molecule has 2 aromatic carbocycles. The van der Waals surface area contributed by atoms with Crippen molar-refractivity contribution in [2.45, 2.75) is 12.8 Å². The van der Waals surface area contributed by atoms with E-state index in [1.165, 1.54) is 0 Å². The lowest BCUT2D eigenvalue weighted by atomic mass is 9.96. The molecule has 144 valence electrons. The molecule has 4 rings (SSSR count). The Morgan fingerprint density at radius 2 is 1.04 bits per heavy atom. The van der Waals surface area contributed by atoms with Gasteiger partial charge in [0.2, 0.25) is 0 Å². The van der Waals surface area contributed by atoms with E-state index in [2.05, 4.69) is 31.9 Å². The molecule has 2 amide bonds. The lowest BCUT2D eigenvalue weighted by Crippen LogP contribution is -2.30. The van der Waals surface area contributed by atoms with E-state index in [1.54, 1.807) is 9.80 Å². The molecule has 0 saturated carbocycles. The molecule has 28 heavy (non-hydrogen) atoms. The molecule has 0 radical (unpaired) electrons. The number of halogens is 2. The number of hydrogen-bond acceptors (Lipinski definition) is 2. The average Bonchev–Trinajstić information content (AvgIpc) is 3.15. The number of amides is 2. The molecule has 6 heteroatoms.